The summed E-state index contributed by atoms with van der Waals surface area (Å²) in [7, 11) is 0. The Balaban J connectivity index is 1.99. The first-order chi connectivity index (χ1) is 9.20. The fourth-order valence-electron chi connectivity index (χ4n) is 2.52. The number of amides is 1. The Labute approximate surface area is 123 Å². The van der Waals surface area contributed by atoms with Crippen LogP contribution in [0.3, 0.4) is 0 Å². The Morgan fingerprint density at radius 2 is 2.16 bits per heavy atom. The third kappa shape index (κ3) is 4.05. The smallest absolute Gasteiger partial charge is 0.253 e. The maximum absolute atomic E-state index is 12.5. The number of carbonyl (C=O) groups is 1. The van der Waals surface area contributed by atoms with Gasteiger partial charge >= 0.3 is 0 Å². The van der Waals surface area contributed by atoms with Crippen molar-refractivity contribution in [3.63, 3.8) is 0 Å². The quantitative estimate of drug-likeness (QED) is 0.923. The van der Waals surface area contributed by atoms with E-state index in [1.54, 1.807) is 0 Å². The molecule has 19 heavy (non-hydrogen) atoms. The second-order valence-corrected chi connectivity index (χ2v) is 5.98. The third-order valence-corrected chi connectivity index (χ3v) is 4.17. The summed E-state index contributed by atoms with van der Waals surface area (Å²) in [6.45, 7) is 5.82. The predicted octanol–water partition coefficient (Wildman–Crippen LogP) is 2.91. The van der Waals surface area contributed by atoms with Crippen LogP contribution in [0.5, 0.6) is 0 Å². The van der Waals surface area contributed by atoms with Crippen molar-refractivity contribution in [3.05, 3.63) is 34.3 Å². The van der Waals surface area contributed by atoms with Gasteiger partial charge in [0.25, 0.3) is 5.91 Å². The highest BCUT2D eigenvalue weighted by molar-refractivity contribution is 9.10. The van der Waals surface area contributed by atoms with Crippen molar-refractivity contribution in [2.24, 2.45) is 5.92 Å². The topological polar surface area (TPSA) is 32.3 Å². The molecule has 104 valence electrons. The molecule has 0 saturated carbocycles. The van der Waals surface area contributed by atoms with Crippen LogP contribution in [0.1, 0.15) is 30.1 Å². The third-order valence-electron chi connectivity index (χ3n) is 3.64. The lowest BCUT2D eigenvalue weighted by Crippen LogP contribution is -2.41. The average molecular weight is 325 g/mol. The monoisotopic (exact) mass is 324 g/mol. The van der Waals surface area contributed by atoms with E-state index < -0.39 is 0 Å². The SMILES string of the molecule is CCN(CC1CCCNC1)C(=O)c1ccc(Br)cc1. The van der Waals surface area contributed by atoms with Crippen LogP contribution < -0.4 is 5.32 Å². The van der Waals surface area contributed by atoms with E-state index >= 15 is 0 Å². The molecule has 1 fully saturated rings. The second-order valence-electron chi connectivity index (χ2n) is 5.06. The molecular formula is C15H21BrN2O. The minimum absolute atomic E-state index is 0.139. The summed E-state index contributed by atoms with van der Waals surface area (Å²) < 4.78 is 1.00. The van der Waals surface area contributed by atoms with Gasteiger partial charge in [-0.2, -0.15) is 0 Å². The summed E-state index contributed by atoms with van der Waals surface area (Å²) in [4.78, 5) is 14.4. The van der Waals surface area contributed by atoms with Gasteiger partial charge in [0.15, 0.2) is 0 Å². The highest BCUT2D eigenvalue weighted by Gasteiger charge is 2.20. The molecule has 1 N–H and O–H groups in total. The molecule has 0 radical (unpaired) electrons. The maximum atomic E-state index is 12.5. The molecule has 0 bridgehead atoms. The zero-order chi connectivity index (χ0) is 13.7. The highest BCUT2D eigenvalue weighted by atomic mass is 79.9. The Morgan fingerprint density at radius 1 is 1.42 bits per heavy atom. The van der Waals surface area contributed by atoms with Crippen LogP contribution in [0.4, 0.5) is 0 Å². The van der Waals surface area contributed by atoms with Crippen molar-refractivity contribution < 1.29 is 4.79 Å². The number of nitrogens with zero attached hydrogens (tertiary/aromatic N) is 1. The normalized spacial score (nSPS) is 19.2. The molecule has 1 aliphatic heterocycles. The molecule has 4 heteroatoms. The minimum Gasteiger partial charge on any atom is -0.339 e. The molecule has 2 rings (SSSR count). The van der Waals surface area contributed by atoms with Gasteiger partial charge in [-0.05, 0) is 63.0 Å². The summed E-state index contributed by atoms with van der Waals surface area (Å²) in [5.74, 6) is 0.730. The van der Waals surface area contributed by atoms with Crippen molar-refractivity contribution in [3.8, 4) is 0 Å². The first kappa shape index (κ1) is 14.5. The lowest BCUT2D eigenvalue weighted by atomic mass is 9.99. The first-order valence-corrected chi connectivity index (χ1v) is 7.75. The standard InChI is InChI=1S/C15H21BrN2O/c1-2-18(11-12-4-3-9-17-10-12)15(19)13-5-7-14(16)8-6-13/h5-8,12,17H,2-4,9-11H2,1H3. The van der Waals surface area contributed by atoms with Crippen LogP contribution in [-0.4, -0.2) is 37.0 Å². The molecule has 0 spiro atoms. The number of benzene rings is 1. The fraction of sp³-hybridized carbons (Fsp3) is 0.533. The van der Waals surface area contributed by atoms with Gasteiger partial charge in [-0.3, -0.25) is 4.79 Å². The summed E-state index contributed by atoms with van der Waals surface area (Å²) in [5, 5.41) is 3.41. The number of rotatable bonds is 4. The lowest BCUT2D eigenvalue weighted by molar-refractivity contribution is 0.0729. The largest absolute Gasteiger partial charge is 0.339 e. The molecule has 1 aliphatic rings. The van der Waals surface area contributed by atoms with E-state index in [4.69, 9.17) is 0 Å². The van der Waals surface area contributed by atoms with Gasteiger partial charge in [0.2, 0.25) is 0 Å². The Hall–Kier alpha value is -0.870. The number of piperidine rings is 1. The second kappa shape index (κ2) is 7.06. The molecule has 3 nitrogen and oxygen atoms in total. The number of carbonyl (C=O) groups excluding carboxylic acids is 1. The summed E-state index contributed by atoms with van der Waals surface area (Å²) >= 11 is 3.40. The Kier molecular flexibility index (Phi) is 5.40. The molecule has 1 saturated heterocycles. The molecule has 0 aromatic heterocycles. The van der Waals surface area contributed by atoms with Gasteiger partial charge in [0, 0.05) is 23.1 Å². The molecule has 1 aromatic rings. The van der Waals surface area contributed by atoms with Gasteiger partial charge in [0.1, 0.15) is 0 Å². The average Bonchev–Trinajstić information content (AvgIpc) is 2.46. The lowest BCUT2D eigenvalue weighted by Gasteiger charge is -2.29. The van der Waals surface area contributed by atoms with Crippen molar-refractivity contribution in [1.29, 1.82) is 0 Å². The maximum Gasteiger partial charge on any atom is 0.253 e. The summed E-state index contributed by atoms with van der Waals surface area (Å²) in [6.07, 6.45) is 2.44. The van der Waals surface area contributed by atoms with Crippen molar-refractivity contribution in [2.75, 3.05) is 26.2 Å². The molecule has 1 atom stereocenters. The number of hydrogen-bond donors (Lipinski definition) is 1. The van der Waals surface area contributed by atoms with Crippen LogP contribution in [-0.2, 0) is 0 Å². The van der Waals surface area contributed by atoms with E-state index in [-0.39, 0.29) is 5.91 Å². The summed E-state index contributed by atoms with van der Waals surface area (Å²) in [5.41, 5.74) is 0.772. The number of hydrogen-bond acceptors (Lipinski definition) is 2. The van der Waals surface area contributed by atoms with Crippen LogP contribution in [0.15, 0.2) is 28.7 Å². The first-order valence-electron chi connectivity index (χ1n) is 6.96. The highest BCUT2D eigenvalue weighted by Crippen LogP contribution is 2.16. The molecule has 1 heterocycles. The van der Waals surface area contributed by atoms with Crippen LogP contribution in [0.25, 0.3) is 0 Å². The van der Waals surface area contributed by atoms with E-state index in [1.165, 1.54) is 12.8 Å². The van der Waals surface area contributed by atoms with Crippen LogP contribution in [0, 0.1) is 5.92 Å². The predicted molar refractivity (Wildman–Crippen MR) is 81.3 cm³/mol. The van der Waals surface area contributed by atoms with Gasteiger partial charge in [-0.25, -0.2) is 0 Å². The Bertz CT molecular complexity index is 413. The van der Waals surface area contributed by atoms with Crippen molar-refractivity contribution in [2.45, 2.75) is 19.8 Å². The van der Waals surface area contributed by atoms with E-state index in [1.807, 2.05) is 36.1 Å². The molecular weight excluding hydrogens is 304 g/mol. The fourth-order valence-corrected chi connectivity index (χ4v) is 2.79. The molecule has 1 aromatic carbocycles. The van der Waals surface area contributed by atoms with Gasteiger partial charge in [0.05, 0.1) is 0 Å². The summed E-state index contributed by atoms with van der Waals surface area (Å²) in [6, 6.07) is 7.61. The minimum atomic E-state index is 0.139. The van der Waals surface area contributed by atoms with E-state index in [0.717, 1.165) is 36.2 Å². The van der Waals surface area contributed by atoms with Gasteiger partial charge in [-0.15, -0.1) is 0 Å². The number of nitrogens with one attached hydrogen (secondary N) is 1. The Morgan fingerprint density at radius 3 is 2.74 bits per heavy atom. The molecule has 0 aliphatic carbocycles. The zero-order valence-corrected chi connectivity index (χ0v) is 12.9. The van der Waals surface area contributed by atoms with Crippen molar-refractivity contribution in [1.82, 2.24) is 10.2 Å². The zero-order valence-electron chi connectivity index (χ0n) is 11.4. The van der Waals surface area contributed by atoms with Gasteiger partial charge < -0.3 is 10.2 Å². The van der Waals surface area contributed by atoms with Crippen LogP contribution in [0.2, 0.25) is 0 Å². The van der Waals surface area contributed by atoms with E-state index in [0.29, 0.717) is 5.92 Å². The van der Waals surface area contributed by atoms with Crippen molar-refractivity contribution >= 4 is 21.8 Å². The van der Waals surface area contributed by atoms with E-state index in [2.05, 4.69) is 21.2 Å². The molecule has 1 unspecified atom stereocenters. The molecule has 1 amide bonds. The van der Waals surface area contributed by atoms with Gasteiger partial charge in [-0.1, -0.05) is 15.9 Å². The van der Waals surface area contributed by atoms with Crippen LogP contribution >= 0.6 is 15.9 Å². The number of halogens is 1. The van der Waals surface area contributed by atoms with E-state index in [9.17, 15) is 4.79 Å².